The zero-order chi connectivity index (χ0) is 9.28. The highest BCUT2D eigenvalue weighted by molar-refractivity contribution is 4.80. The highest BCUT2D eigenvalue weighted by Crippen LogP contribution is 2.40. The van der Waals surface area contributed by atoms with E-state index >= 15 is 0 Å². The fourth-order valence-electron chi connectivity index (χ4n) is 0.328. The minimum Gasteiger partial charge on any atom is -0.243 e. The molecule has 0 heterocycles. The zero-order valence-corrected chi connectivity index (χ0v) is 4.80. The van der Waals surface area contributed by atoms with Crippen LogP contribution in [0.1, 0.15) is 0 Å². The quantitative estimate of drug-likeness (QED) is 0.548. The van der Waals surface area contributed by atoms with Crippen molar-refractivity contribution in [3.05, 3.63) is 6.67 Å². The fourth-order valence-corrected chi connectivity index (χ4v) is 0.328. The minimum atomic E-state index is -5.60. The number of hydrogen-bond donors (Lipinski definition) is 0. The van der Waals surface area contributed by atoms with Crippen LogP contribution >= 0.6 is 0 Å². The van der Waals surface area contributed by atoms with Gasteiger partial charge in [-0.2, -0.15) is 26.3 Å². The molecule has 1 radical (unpaired) electrons. The monoisotopic (exact) mass is 183 g/mol. The van der Waals surface area contributed by atoms with Crippen molar-refractivity contribution in [3.63, 3.8) is 0 Å². The van der Waals surface area contributed by atoms with Crippen molar-refractivity contribution >= 4 is 0 Å². The Hall–Kier alpha value is -0.490. The van der Waals surface area contributed by atoms with E-state index < -0.39 is 24.9 Å². The van der Waals surface area contributed by atoms with Gasteiger partial charge in [-0.05, 0) is 0 Å². The van der Waals surface area contributed by atoms with Crippen LogP contribution in [0.3, 0.4) is 0 Å². The molecule has 0 aliphatic rings. The van der Waals surface area contributed by atoms with E-state index in [9.17, 15) is 30.7 Å². The van der Waals surface area contributed by atoms with Gasteiger partial charge in [-0.25, -0.2) is 4.39 Å². The Morgan fingerprint density at radius 1 is 0.818 bits per heavy atom. The average molecular weight is 183 g/mol. The van der Waals surface area contributed by atoms with Crippen molar-refractivity contribution < 1.29 is 30.7 Å². The first-order valence-electron chi connectivity index (χ1n) is 2.26. The third kappa shape index (κ3) is 2.94. The van der Waals surface area contributed by atoms with Crippen LogP contribution in [0.15, 0.2) is 0 Å². The van der Waals surface area contributed by atoms with E-state index in [0.29, 0.717) is 0 Å². The van der Waals surface area contributed by atoms with Gasteiger partial charge in [0.1, 0.15) is 0 Å². The van der Waals surface area contributed by atoms with Crippen molar-refractivity contribution in [2.45, 2.75) is 12.4 Å². The predicted molar refractivity (Wildman–Crippen MR) is 21.0 cm³/mol. The Bertz CT molecular complexity index is 105. The van der Waals surface area contributed by atoms with Crippen molar-refractivity contribution in [1.29, 1.82) is 0 Å². The summed E-state index contributed by atoms with van der Waals surface area (Å²) in [5, 5.41) is 0. The van der Waals surface area contributed by atoms with E-state index in [1.807, 2.05) is 0 Å². The average Bonchev–Trinajstić information content (AvgIpc) is 1.56. The van der Waals surface area contributed by atoms with Crippen molar-refractivity contribution in [1.82, 2.24) is 0 Å². The maximum Gasteiger partial charge on any atom is 0.403 e. The maximum absolute atomic E-state index is 11.2. The van der Waals surface area contributed by atoms with E-state index in [4.69, 9.17) is 0 Å². The Morgan fingerprint density at radius 3 is 1.09 bits per heavy atom. The summed E-state index contributed by atoms with van der Waals surface area (Å²) in [4.78, 5) is 0. The van der Waals surface area contributed by atoms with Gasteiger partial charge in [0.15, 0.2) is 12.6 Å². The Morgan fingerprint density at radius 2 is 1.09 bits per heavy atom. The third-order valence-corrected chi connectivity index (χ3v) is 0.831. The summed E-state index contributed by atoms with van der Waals surface area (Å²) in [7, 11) is 0. The second-order valence-electron chi connectivity index (χ2n) is 1.69. The van der Waals surface area contributed by atoms with Gasteiger partial charge in [0.05, 0.1) is 0 Å². The lowest BCUT2D eigenvalue weighted by molar-refractivity contribution is -0.277. The van der Waals surface area contributed by atoms with Crippen LogP contribution in [0.4, 0.5) is 30.7 Å². The van der Waals surface area contributed by atoms with Crippen LogP contribution < -0.4 is 0 Å². The number of rotatable bonds is 1. The highest BCUT2D eigenvalue weighted by Gasteiger charge is 2.57. The first-order valence-corrected chi connectivity index (χ1v) is 2.26. The summed E-state index contributed by atoms with van der Waals surface area (Å²) < 4.78 is 78.4. The van der Waals surface area contributed by atoms with Crippen molar-refractivity contribution in [2.75, 3.05) is 0 Å². The molecule has 0 amide bonds. The molecule has 11 heavy (non-hydrogen) atoms. The molecular weight excluding hydrogens is 181 g/mol. The van der Waals surface area contributed by atoms with Crippen LogP contribution in [-0.2, 0) is 0 Å². The molecule has 67 valence electrons. The fraction of sp³-hybridized carbons (Fsp3) is 0.750. The Kier molecular flexibility index (Phi) is 2.74. The molecule has 0 unspecified atom stereocenters. The van der Waals surface area contributed by atoms with E-state index in [-0.39, 0.29) is 0 Å². The van der Waals surface area contributed by atoms with E-state index in [1.165, 1.54) is 0 Å². The van der Waals surface area contributed by atoms with Gasteiger partial charge in [-0.3, -0.25) is 0 Å². The molecule has 0 rings (SSSR count). The molecule has 0 aliphatic carbocycles. The van der Waals surface area contributed by atoms with Crippen LogP contribution in [0.2, 0.25) is 0 Å². The lowest BCUT2D eigenvalue weighted by atomic mass is 10.1. The summed E-state index contributed by atoms with van der Waals surface area (Å²) >= 11 is 0. The van der Waals surface area contributed by atoms with Gasteiger partial charge in [-0.1, -0.05) is 0 Å². The molecule has 0 bridgehead atoms. The molecule has 0 fully saturated rings. The summed E-state index contributed by atoms with van der Waals surface area (Å²) in [6, 6.07) is 0. The lowest BCUT2D eigenvalue weighted by Gasteiger charge is -2.18. The molecule has 0 nitrogen and oxygen atoms in total. The zero-order valence-electron chi connectivity index (χ0n) is 4.80. The highest BCUT2D eigenvalue weighted by atomic mass is 19.4. The lowest BCUT2D eigenvalue weighted by Crippen LogP contribution is -2.35. The van der Waals surface area contributed by atoms with E-state index in [1.54, 1.807) is 0 Å². The van der Waals surface area contributed by atoms with Crippen molar-refractivity contribution in [2.24, 2.45) is 5.92 Å². The summed E-state index contributed by atoms with van der Waals surface area (Å²) in [5.41, 5.74) is 0. The van der Waals surface area contributed by atoms with Gasteiger partial charge in [0.2, 0.25) is 0 Å². The van der Waals surface area contributed by atoms with E-state index in [2.05, 4.69) is 0 Å². The second kappa shape index (κ2) is 2.86. The summed E-state index contributed by atoms with van der Waals surface area (Å²) in [6.45, 7) is -1.42. The SMILES string of the molecule is F[CH]C(C(F)(F)F)C(F)(F)F. The van der Waals surface area contributed by atoms with Gasteiger partial charge in [0.25, 0.3) is 0 Å². The molecule has 0 aliphatic heterocycles. The first kappa shape index (κ1) is 10.5. The maximum atomic E-state index is 11.2. The molecule has 0 atom stereocenters. The number of alkyl halides is 6. The molecule has 0 saturated heterocycles. The topological polar surface area (TPSA) is 0 Å². The van der Waals surface area contributed by atoms with Gasteiger partial charge < -0.3 is 0 Å². The predicted octanol–water partition coefficient (Wildman–Crippen LogP) is 2.86. The van der Waals surface area contributed by atoms with Crippen LogP contribution in [0.25, 0.3) is 0 Å². The first-order chi connectivity index (χ1) is 4.69. The largest absolute Gasteiger partial charge is 0.403 e. The summed E-state index contributed by atoms with van der Waals surface area (Å²) in [5.74, 6) is -3.98. The van der Waals surface area contributed by atoms with Gasteiger partial charge in [0, 0.05) is 0 Å². The minimum absolute atomic E-state index is 1.42. The molecule has 0 saturated carbocycles. The smallest absolute Gasteiger partial charge is 0.243 e. The van der Waals surface area contributed by atoms with E-state index in [0.717, 1.165) is 0 Å². The third-order valence-electron chi connectivity index (χ3n) is 0.831. The molecule has 0 spiro atoms. The standard InChI is InChI=1S/C4H2F7/c5-1-2(3(6,7)8)4(9,10)11/h1-2H. The number of halogens is 7. The van der Waals surface area contributed by atoms with Crippen LogP contribution in [-0.4, -0.2) is 12.4 Å². The van der Waals surface area contributed by atoms with Crippen molar-refractivity contribution in [3.8, 4) is 0 Å². The normalized spacial score (nSPS) is 14.2. The summed E-state index contributed by atoms with van der Waals surface area (Å²) in [6.07, 6.45) is -11.2. The Balaban J connectivity index is 4.43. The van der Waals surface area contributed by atoms with Gasteiger partial charge in [-0.15, -0.1) is 0 Å². The molecule has 0 aromatic rings. The van der Waals surface area contributed by atoms with Crippen LogP contribution in [0, 0.1) is 12.6 Å². The molecule has 0 N–H and O–H groups in total. The van der Waals surface area contributed by atoms with Crippen LogP contribution in [0.5, 0.6) is 0 Å². The molecule has 7 heteroatoms. The second-order valence-corrected chi connectivity index (χ2v) is 1.69. The van der Waals surface area contributed by atoms with Gasteiger partial charge >= 0.3 is 12.4 Å². The molecular formula is C4H2F7. The molecule has 0 aromatic carbocycles. The Labute approximate surface area is 57.0 Å². The molecule has 0 aromatic heterocycles. The number of hydrogen-bond acceptors (Lipinski definition) is 0.